The molecule has 2 N–H and O–H groups in total. The van der Waals surface area contributed by atoms with E-state index in [0.717, 1.165) is 21.3 Å². The van der Waals surface area contributed by atoms with Gasteiger partial charge in [-0.15, -0.1) is 0 Å². The van der Waals surface area contributed by atoms with Crippen molar-refractivity contribution in [3.05, 3.63) is 66.0 Å². The molecule has 0 saturated heterocycles. The first kappa shape index (κ1) is 17.9. The Bertz CT molecular complexity index is 1120. The summed E-state index contributed by atoms with van der Waals surface area (Å²) in [5.41, 5.74) is 2.64. The van der Waals surface area contributed by atoms with Crippen molar-refractivity contribution in [1.82, 2.24) is 9.90 Å². The fraction of sp³-hybridized carbons (Fsp3) is 0.100. The van der Waals surface area contributed by atoms with E-state index in [1.54, 1.807) is 24.5 Å². The molecule has 7 nitrogen and oxygen atoms in total. The number of fused-ring (bicyclic) bond motifs is 2. The third kappa shape index (κ3) is 3.37. The Kier molecular flexibility index (Phi) is 4.63. The summed E-state index contributed by atoms with van der Waals surface area (Å²) >= 11 is 0. The number of anilines is 1. The zero-order valence-electron chi connectivity index (χ0n) is 15.2. The maximum atomic E-state index is 12.6. The lowest BCUT2D eigenvalue weighted by Gasteiger charge is -2.25. The molecule has 0 unspecified atom stereocenters. The van der Waals surface area contributed by atoms with Gasteiger partial charge in [-0.1, -0.05) is 24.3 Å². The lowest BCUT2D eigenvalue weighted by molar-refractivity contribution is -0.125. The number of rotatable bonds is 3. The second-order valence-electron chi connectivity index (χ2n) is 6.56. The SMILES string of the molecule is CC(=O)N1N=Cc2c(CC(=O)Nc3ccc4cnccc4c3)cccc2B1O. The second-order valence-corrected chi connectivity index (χ2v) is 6.56. The first-order chi connectivity index (χ1) is 13.5. The fourth-order valence-corrected chi connectivity index (χ4v) is 3.28. The van der Waals surface area contributed by atoms with E-state index in [0.29, 0.717) is 16.7 Å². The van der Waals surface area contributed by atoms with Crippen LogP contribution in [-0.4, -0.2) is 40.0 Å². The minimum absolute atomic E-state index is 0.121. The Morgan fingerprint density at radius 1 is 1.18 bits per heavy atom. The predicted octanol–water partition coefficient (Wildman–Crippen LogP) is 1.30. The summed E-state index contributed by atoms with van der Waals surface area (Å²) in [7, 11) is -1.16. The number of nitrogens with one attached hydrogen (secondary N) is 1. The van der Waals surface area contributed by atoms with Crippen LogP contribution in [-0.2, 0) is 16.0 Å². The summed E-state index contributed by atoms with van der Waals surface area (Å²) in [6, 6.07) is 12.8. The van der Waals surface area contributed by atoms with Gasteiger partial charge in [-0.25, -0.2) is 4.92 Å². The smallest absolute Gasteiger partial charge is 0.427 e. The van der Waals surface area contributed by atoms with Gasteiger partial charge in [0.05, 0.1) is 12.6 Å². The Balaban J connectivity index is 1.55. The number of aromatic nitrogens is 1. The number of hydrogen-bond donors (Lipinski definition) is 2. The monoisotopic (exact) mass is 372 g/mol. The van der Waals surface area contributed by atoms with Gasteiger partial charge in [-0.3, -0.25) is 14.6 Å². The van der Waals surface area contributed by atoms with E-state index in [1.807, 2.05) is 30.3 Å². The number of nitrogens with zero attached hydrogens (tertiary/aromatic N) is 3. The van der Waals surface area contributed by atoms with Crippen LogP contribution >= 0.6 is 0 Å². The predicted molar refractivity (Wildman–Crippen MR) is 108 cm³/mol. The van der Waals surface area contributed by atoms with Crippen molar-refractivity contribution >= 4 is 47.0 Å². The number of hydrogen-bond acceptors (Lipinski definition) is 5. The van der Waals surface area contributed by atoms with Crippen LogP contribution in [0.15, 0.2) is 60.0 Å². The van der Waals surface area contributed by atoms with E-state index >= 15 is 0 Å². The average Bonchev–Trinajstić information content (AvgIpc) is 2.68. The van der Waals surface area contributed by atoms with Crippen molar-refractivity contribution in [2.24, 2.45) is 5.10 Å². The molecule has 1 aromatic heterocycles. The van der Waals surface area contributed by atoms with Gasteiger partial charge in [0.2, 0.25) is 11.8 Å². The summed E-state index contributed by atoms with van der Waals surface area (Å²) in [6.07, 6.45) is 5.11. The highest BCUT2D eigenvalue weighted by Gasteiger charge is 2.32. The molecule has 2 aromatic carbocycles. The summed E-state index contributed by atoms with van der Waals surface area (Å²) < 4.78 is 0. The quantitative estimate of drug-likeness (QED) is 0.678. The topological polar surface area (TPSA) is 94.9 Å². The van der Waals surface area contributed by atoms with Gasteiger partial charge in [0.25, 0.3) is 0 Å². The van der Waals surface area contributed by atoms with Crippen molar-refractivity contribution in [1.29, 1.82) is 0 Å². The Hall–Kier alpha value is -3.52. The number of benzene rings is 2. The Morgan fingerprint density at radius 3 is 2.86 bits per heavy atom. The van der Waals surface area contributed by atoms with Crippen LogP contribution in [0.1, 0.15) is 18.1 Å². The molecule has 0 saturated carbocycles. The summed E-state index contributed by atoms with van der Waals surface area (Å²) in [5, 5.41) is 19.3. The van der Waals surface area contributed by atoms with Crippen LogP contribution < -0.4 is 10.8 Å². The fourth-order valence-electron chi connectivity index (χ4n) is 3.28. The molecule has 8 heteroatoms. The third-order valence-electron chi connectivity index (χ3n) is 4.65. The van der Waals surface area contributed by atoms with Gasteiger partial charge in [0, 0.05) is 30.4 Å². The van der Waals surface area contributed by atoms with Gasteiger partial charge in [-0.2, -0.15) is 5.10 Å². The van der Waals surface area contributed by atoms with Gasteiger partial charge < -0.3 is 10.3 Å². The zero-order valence-corrected chi connectivity index (χ0v) is 15.2. The van der Waals surface area contributed by atoms with E-state index < -0.39 is 7.05 Å². The highest BCUT2D eigenvalue weighted by molar-refractivity contribution is 6.67. The van der Waals surface area contributed by atoms with Crippen LogP contribution in [0.25, 0.3) is 10.8 Å². The van der Waals surface area contributed by atoms with Crippen molar-refractivity contribution in [2.75, 3.05) is 5.32 Å². The first-order valence-electron chi connectivity index (χ1n) is 8.80. The minimum atomic E-state index is -1.16. The van der Waals surface area contributed by atoms with Crippen LogP contribution in [0.4, 0.5) is 5.69 Å². The molecular formula is C20H17BN4O3. The van der Waals surface area contributed by atoms with E-state index in [-0.39, 0.29) is 18.2 Å². The molecule has 4 rings (SSSR count). The number of carbonyl (C=O) groups excluding carboxylic acids is 2. The Labute approximate surface area is 161 Å². The van der Waals surface area contributed by atoms with Crippen molar-refractivity contribution in [3.8, 4) is 0 Å². The first-order valence-corrected chi connectivity index (χ1v) is 8.80. The molecule has 0 bridgehead atoms. The van der Waals surface area contributed by atoms with Crippen molar-refractivity contribution < 1.29 is 14.6 Å². The average molecular weight is 372 g/mol. The maximum Gasteiger partial charge on any atom is 0.474 e. The molecule has 2 heterocycles. The highest BCUT2D eigenvalue weighted by Crippen LogP contribution is 2.19. The van der Waals surface area contributed by atoms with E-state index in [1.165, 1.54) is 13.1 Å². The van der Waals surface area contributed by atoms with Gasteiger partial charge >= 0.3 is 7.05 Å². The molecule has 0 spiro atoms. The summed E-state index contributed by atoms with van der Waals surface area (Å²) in [4.78, 5) is 29.2. The van der Waals surface area contributed by atoms with Gasteiger partial charge in [0.15, 0.2) is 0 Å². The van der Waals surface area contributed by atoms with E-state index in [2.05, 4.69) is 15.4 Å². The number of pyridine rings is 1. The lowest BCUT2D eigenvalue weighted by atomic mass is 9.68. The third-order valence-corrected chi connectivity index (χ3v) is 4.65. The molecule has 0 atom stereocenters. The summed E-state index contributed by atoms with van der Waals surface area (Å²) in [6.45, 7) is 1.34. The molecule has 0 radical (unpaired) electrons. The molecule has 1 aliphatic heterocycles. The minimum Gasteiger partial charge on any atom is -0.427 e. The van der Waals surface area contributed by atoms with Crippen LogP contribution in [0.3, 0.4) is 0 Å². The van der Waals surface area contributed by atoms with Crippen molar-refractivity contribution in [3.63, 3.8) is 0 Å². The molecule has 2 amide bonds. The molecule has 3 aromatic rings. The highest BCUT2D eigenvalue weighted by atomic mass is 16.2. The molecule has 0 fully saturated rings. The molecular weight excluding hydrogens is 355 g/mol. The molecule has 138 valence electrons. The molecule has 28 heavy (non-hydrogen) atoms. The van der Waals surface area contributed by atoms with Gasteiger partial charge in [0.1, 0.15) is 0 Å². The zero-order chi connectivity index (χ0) is 19.7. The maximum absolute atomic E-state index is 12.6. The molecule has 1 aliphatic rings. The number of hydrazone groups is 1. The van der Waals surface area contributed by atoms with E-state index in [9.17, 15) is 14.6 Å². The number of carbonyl (C=O) groups is 2. The van der Waals surface area contributed by atoms with Crippen molar-refractivity contribution in [2.45, 2.75) is 13.3 Å². The standard InChI is InChI=1S/C20H17BN4O3/c1-13(26)25-21(28)19-4-2-3-15(18(19)12-23-25)10-20(27)24-17-6-5-16-11-22-8-7-14(16)9-17/h2-9,11-12,28H,10H2,1H3,(H,24,27). The van der Waals surface area contributed by atoms with Crippen LogP contribution in [0, 0.1) is 0 Å². The number of amides is 2. The second kappa shape index (κ2) is 7.24. The summed E-state index contributed by atoms with van der Waals surface area (Å²) in [5.74, 6) is -0.539. The van der Waals surface area contributed by atoms with Crippen LogP contribution in [0.2, 0.25) is 0 Å². The Morgan fingerprint density at radius 2 is 2.04 bits per heavy atom. The lowest BCUT2D eigenvalue weighted by Crippen LogP contribution is -2.52. The normalized spacial score (nSPS) is 12.8. The van der Waals surface area contributed by atoms with E-state index in [4.69, 9.17) is 0 Å². The largest absolute Gasteiger partial charge is 0.474 e. The molecule has 0 aliphatic carbocycles. The van der Waals surface area contributed by atoms with Gasteiger partial charge in [-0.05, 0) is 40.2 Å². The van der Waals surface area contributed by atoms with Crippen LogP contribution in [0.5, 0.6) is 0 Å².